The van der Waals surface area contributed by atoms with Crippen LogP contribution in [0.2, 0.25) is 0 Å². The highest BCUT2D eigenvalue weighted by molar-refractivity contribution is 6.06. The first kappa shape index (κ1) is 21.8. The van der Waals surface area contributed by atoms with E-state index in [1.54, 1.807) is 12.6 Å². The van der Waals surface area contributed by atoms with Gasteiger partial charge in [-0.25, -0.2) is 4.99 Å². The molecule has 0 bridgehead atoms. The van der Waals surface area contributed by atoms with E-state index in [0.29, 0.717) is 0 Å². The number of aryl methyl sites for hydroxylation is 2. The van der Waals surface area contributed by atoms with Gasteiger partial charge in [0.05, 0.1) is 0 Å². The highest BCUT2D eigenvalue weighted by Gasteiger charge is 2.27. The van der Waals surface area contributed by atoms with Crippen LogP contribution in [0.1, 0.15) is 61.3 Å². The Morgan fingerprint density at radius 2 is 1.83 bits per heavy atom. The fraction of sp³-hybridized carbons (Fsp3) is 0.333. The van der Waals surface area contributed by atoms with Crippen LogP contribution >= 0.6 is 0 Å². The van der Waals surface area contributed by atoms with E-state index < -0.39 is 0 Å². The van der Waals surface area contributed by atoms with Crippen molar-refractivity contribution in [1.82, 2.24) is 5.32 Å². The summed E-state index contributed by atoms with van der Waals surface area (Å²) in [6.45, 7) is 10.3. The molecule has 3 heteroatoms. The maximum atomic E-state index is 4.72. The molecule has 1 fully saturated rings. The molecule has 1 aliphatic carbocycles. The highest BCUT2D eigenvalue weighted by Crippen LogP contribution is 2.43. The molecule has 1 N–H and O–H groups in total. The molecule has 1 saturated carbocycles. The maximum absolute atomic E-state index is 4.72. The number of aliphatic imine (C=N–C) groups is 2. The summed E-state index contributed by atoms with van der Waals surface area (Å²) in [4.78, 5) is 9.08. The molecular formula is C27H33N3. The number of allylic oxidation sites excluding steroid dienone is 3. The Bertz CT molecular complexity index is 976. The van der Waals surface area contributed by atoms with Crippen molar-refractivity contribution in [3.8, 4) is 0 Å². The number of rotatable bonds is 7. The standard InChI is InChI=1S/C27H33N3/c1-19(2)18-25(17-16-22-13-9-10-20(3)26(22)23-14-15-23)29-21(4)30-27(28-5)24-11-7-6-8-12-24/h6-13,18,23H,1,14-17H2,2-5H3,(H,28,29,30)/b25-18-. The van der Waals surface area contributed by atoms with Crippen molar-refractivity contribution in [2.24, 2.45) is 9.98 Å². The van der Waals surface area contributed by atoms with Crippen molar-refractivity contribution in [2.45, 2.75) is 52.4 Å². The Hall–Kier alpha value is -2.94. The number of hydrogen-bond donors (Lipinski definition) is 1. The van der Waals surface area contributed by atoms with Gasteiger partial charge >= 0.3 is 0 Å². The van der Waals surface area contributed by atoms with Crippen LogP contribution in [-0.4, -0.2) is 18.7 Å². The van der Waals surface area contributed by atoms with Gasteiger partial charge in [0.1, 0.15) is 5.84 Å². The summed E-state index contributed by atoms with van der Waals surface area (Å²) in [7, 11) is 1.78. The molecule has 3 rings (SSSR count). The van der Waals surface area contributed by atoms with Gasteiger partial charge in [-0.1, -0.05) is 60.7 Å². The summed E-state index contributed by atoms with van der Waals surface area (Å²) in [6, 6.07) is 16.8. The summed E-state index contributed by atoms with van der Waals surface area (Å²) < 4.78 is 0. The van der Waals surface area contributed by atoms with E-state index in [-0.39, 0.29) is 0 Å². The summed E-state index contributed by atoms with van der Waals surface area (Å²) in [5, 5.41) is 3.50. The third-order valence-electron chi connectivity index (χ3n) is 5.34. The Kier molecular flexibility index (Phi) is 7.40. The molecule has 0 heterocycles. The van der Waals surface area contributed by atoms with Gasteiger partial charge in [0.15, 0.2) is 5.84 Å². The van der Waals surface area contributed by atoms with E-state index in [9.17, 15) is 0 Å². The normalized spacial score (nSPS) is 15.3. The molecule has 0 unspecified atom stereocenters. The summed E-state index contributed by atoms with van der Waals surface area (Å²) in [6.07, 6.45) is 6.72. The topological polar surface area (TPSA) is 36.8 Å². The number of benzene rings is 2. The van der Waals surface area contributed by atoms with Crippen LogP contribution in [0, 0.1) is 6.92 Å². The summed E-state index contributed by atoms with van der Waals surface area (Å²) in [5.74, 6) is 2.32. The Balaban J connectivity index is 1.74. The molecular weight excluding hydrogens is 366 g/mol. The SMILES string of the molecule is C=C(C)/C=C(/CCc1cccc(C)c1C1CC1)NC(C)=NC(=NC)c1ccccc1. The number of nitrogens with one attached hydrogen (secondary N) is 1. The van der Waals surface area contributed by atoms with E-state index in [4.69, 9.17) is 4.99 Å². The van der Waals surface area contributed by atoms with Gasteiger partial charge < -0.3 is 5.32 Å². The van der Waals surface area contributed by atoms with Crippen molar-refractivity contribution in [3.63, 3.8) is 0 Å². The predicted octanol–water partition coefficient (Wildman–Crippen LogP) is 6.35. The molecule has 156 valence electrons. The number of hydrogen-bond acceptors (Lipinski definition) is 1. The van der Waals surface area contributed by atoms with E-state index in [1.165, 1.54) is 24.0 Å². The summed E-state index contributed by atoms with van der Waals surface area (Å²) >= 11 is 0. The van der Waals surface area contributed by atoms with E-state index >= 15 is 0 Å². The Labute approximate surface area is 181 Å². The zero-order chi connectivity index (χ0) is 21.5. The van der Waals surface area contributed by atoms with Crippen LogP contribution in [-0.2, 0) is 6.42 Å². The van der Waals surface area contributed by atoms with Gasteiger partial charge in [0.2, 0.25) is 0 Å². The van der Waals surface area contributed by atoms with E-state index in [2.05, 4.69) is 48.1 Å². The van der Waals surface area contributed by atoms with Crippen LogP contribution in [0.25, 0.3) is 0 Å². The van der Waals surface area contributed by atoms with Crippen LogP contribution in [0.15, 0.2) is 82.4 Å². The molecule has 0 aromatic heterocycles. The van der Waals surface area contributed by atoms with Gasteiger partial charge in [0, 0.05) is 18.3 Å². The molecule has 0 radical (unpaired) electrons. The first-order valence-electron chi connectivity index (χ1n) is 10.8. The minimum atomic E-state index is 0.727. The van der Waals surface area contributed by atoms with Crippen molar-refractivity contribution in [1.29, 1.82) is 0 Å². The lowest BCUT2D eigenvalue weighted by Crippen LogP contribution is -2.22. The summed E-state index contributed by atoms with van der Waals surface area (Å²) in [5.41, 5.74) is 7.65. The average Bonchev–Trinajstić information content (AvgIpc) is 3.55. The highest BCUT2D eigenvalue weighted by atomic mass is 15.0. The third-order valence-corrected chi connectivity index (χ3v) is 5.34. The van der Waals surface area contributed by atoms with Crippen LogP contribution in [0.5, 0.6) is 0 Å². The van der Waals surface area contributed by atoms with E-state index in [1.807, 2.05) is 44.2 Å². The molecule has 2 aromatic rings. The molecule has 2 aromatic carbocycles. The zero-order valence-corrected chi connectivity index (χ0v) is 18.7. The van der Waals surface area contributed by atoms with Crippen LogP contribution in [0.4, 0.5) is 0 Å². The smallest absolute Gasteiger partial charge is 0.156 e. The van der Waals surface area contributed by atoms with Crippen molar-refractivity contribution < 1.29 is 0 Å². The number of amidine groups is 2. The van der Waals surface area contributed by atoms with E-state index in [0.717, 1.165) is 47.3 Å². The minimum absolute atomic E-state index is 0.727. The van der Waals surface area contributed by atoms with Gasteiger partial charge in [-0.2, -0.15) is 0 Å². The first-order valence-corrected chi connectivity index (χ1v) is 10.8. The monoisotopic (exact) mass is 399 g/mol. The lowest BCUT2D eigenvalue weighted by atomic mass is 9.94. The second-order valence-corrected chi connectivity index (χ2v) is 8.17. The predicted molar refractivity (Wildman–Crippen MR) is 130 cm³/mol. The number of nitrogens with zero attached hydrogens (tertiary/aromatic N) is 2. The van der Waals surface area contributed by atoms with Crippen molar-refractivity contribution in [3.05, 3.63) is 94.7 Å². The van der Waals surface area contributed by atoms with Gasteiger partial charge in [0.25, 0.3) is 0 Å². The Morgan fingerprint density at radius 3 is 2.47 bits per heavy atom. The van der Waals surface area contributed by atoms with Crippen molar-refractivity contribution in [2.75, 3.05) is 7.05 Å². The minimum Gasteiger partial charge on any atom is -0.347 e. The van der Waals surface area contributed by atoms with Gasteiger partial charge in [-0.05, 0) is 75.1 Å². The fourth-order valence-electron chi connectivity index (χ4n) is 3.90. The largest absolute Gasteiger partial charge is 0.347 e. The van der Waals surface area contributed by atoms with Gasteiger partial charge in [-0.3, -0.25) is 4.99 Å². The second-order valence-electron chi connectivity index (χ2n) is 8.17. The second kappa shape index (κ2) is 10.2. The molecule has 3 nitrogen and oxygen atoms in total. The lowest BCUT2D eigenvalue weighted by molar-refractivity contribution is 0.860. The first-order chi connectivity index (χ1) is 14.5. The van der Waals surface area contributed by atoms with Crippen molar-refractivity contribution >= 4 is 11.7 Å². The molecule has 0 spiro atoms. The third kappa shape index (κ3) is 6.03. The fourth-order valence-corrected chi connectivity index (χ4v) is 3.90. The molecule has 0 aliphatic heterocycles. The molecule has 30 heavy (non-hydrogen) atoms. The van der Waals surface area contributed by atoms with Crippen LogP contribution < -0.4 is 5.32 Å². The quantitative estimate of drug-likeness (QED) is 0.329. The molecule has 0 saturated heterocycles. The molecule has 0 atom stereocenters. The van der Waals surface area contributed by atoms with Crippen LogP contribution in [0.3, 0.4) is 0 Å². The Morgan fingerprint density at radius 1 is 1.10 bits per heavy atom. The zero-order valence-electron chi connectivity index (χ0n) is 18.7. The lowest BCUT2D eigenvalue weighted by Gasteiger charge is -2.15. The molecule has 0 amide bonds. The average molecular weight is 400 g/mol. The maximum Gasteiger partial charge on any atom is 0.156 e. The van der Waals surface area contributed by atoms with Gasteiger partial charge in [-0.15, -0.1) is 0 Å². The molecule has 1 aliphatic rings.